The van der Waals surface area contributed by atoms with Crippen LogP contribution in [0.4, 0.5) is 13.2 Å². The number of nitrogens with zero attached hydrogens (tertiary/aromatic N) is 5. The van der Waals surface area contributed by atoms with Crippen LogP contribution < -0.4 is 5.32 Å². The molecule has 0 radical (unpaired) electrons. The van der Waals surface area contributed by atoms with E-state index in [4.69, 9.17) is 0 Å². The van der Waals surface area contributed by atoms with Gasteiger partial charge in [-0.3, -0.25) is 14.5 Å². The summed E-state index contributed by atoms with van der Waals surface area (Å²) in [5, 5.41) is 7.86. The molecule has 4 rings (SSSR count). The summed E-state index contributed by atoms with van der Waals surface area (Å²) >= 11 is 0. The number of benzene rings is 1. The van der Waals surface area contributed by atoms with Crippen molar-refractivity contribution in [3.05, 3.63) is 53.7 Å². The first kappa shape index (κ1) is 19.9. The molecule has 1 aromatic carbocycles. The lowest BCUT2D eigenvalue weighted by Gasteiger charge is -2.07. The van der Waals surface area contributed by atoms with Gasteiger partial charge in [0.15, 0.2) is 0 Å². The third kappa shape index (κ3) is 3.60. The van der Waals surface area contributed by atoms with Gasteiger partial charge in [-0.15, -0.1) is 0 Å². The van der Waals surface area contributed by atoms with Crippen LogP contribution in [0.1, 0.15) is 35.7 Å². The average Bonchev–Trinajstić information content (AvgIpc) is 3.20. The van der Waals surface area contributed by atoms with Crippen molar-refractivity contribution in [3.63, 3.8) is 0 Å². The number of amides is 1. The second-order valence-corrected chi connectivity index (χ2v) is 7.34. The van der Waals surface area contributed by atoms with Gasteiger partial charge in [-0.05, 0) is 38.1 Å². The maximum absolute atomic E-state index is 13.0. The molecule has 1 N–H and O–H groups in total. The number of hydrogen-bond acceptors (Lipinski definition) is 4. The fraction of sp³-hybridized carbons (Fsp3) is 0.300. The van der Waals surface area contributed by atoms with E-state index in [9.17, 15) is 18.0 Å². The van der Waals surface area contributed by atoms with Crippen molar-refractivity contribution >= 4 is 27.8 Å². The Balaban J connectivity index is 1.70. The first-order chi connectivity index (χ1) is 14.1. The molecule has 0 atom stereocenters. The molecular formula is C20H19F3N6O. The number of fused-ring (bicyclic) bond motifs is 2. The van der Waals surface area contributed by atoms with Gasteiger partial charge < -0.3 is 9.88 Å². The lowest BCUT2D eigenvalue weighted by Crippen LogP contribution is -2.30. The predicted octanol–water partition coefficient (Wildman–Crippen LogP) is 3.52. The van der Waals surface area contributed by atoms with Gasteiger partial charge >= 0.3 is 6.18 Å². The van der Waals surface area contributed by atoms with Crippen LogP contribution in [0.15, 0.2) is 36.7 Å². The molecule has 0 unspecified atom stereocenters. The third-order valence-electron chi connectivity index (χ3n) is 4.72. The van der Waals surface area contributed by atoms with Crippen molar-refractivity contribution < 1.29 is 18.0 Å². The van der Waals surface area contributed by atoms with Crippen LogP contribution >= 0.6 is 0 Å². The molecule has 3 aromatic heterocycles. The summed E-state index contributed by atoms with van der Waals surface area (Å²) in [4.78, 5) is 20.9. The normalized spacial score (nSPS) is 12.2. The van der Waals surface area contributed by atoms with E-state index < -0.39 is 11.7 Å². The zero-order chi connectivity index (χ0) is 21.6. The number of rotatable bonds is 4. The molecule has 0 fully saturated rings. The molecule has 3 heterocycles. The van der Waals surface area contributed by atoms with Gasteiger partial charge in [-0.1, -0.05) is 0 Å². The fourth-order valence-electron chi connectivity index (χ4n) is 3.30. The van der Waals surface area contributed by atoms with Crippen LogP contribution in [0.2, 0.25) is 0 Å². The first-order valence-corrected chi connectivity index (χ1v) is 9.29. The summed E-state index contributed by atoms with van der Waals surface area (Å²) in [6.07, 6.45) is -1.22. The van der Waals surface area contributed by atoms with Crippen LogP contribution in [-0.2, 0) is 19.8 Å². The SMILES string of the molecule is CC(C)NC(=O)c1nccc2nn(Cc3nc4cc(C(F)(F)F)ccc4n3C)cc12. The lowest BCUT2D eigenvalue weighted by molar-refractivity contribution is -0.137. The minimum atomic E-state index is -4.43. The molecule has 0 aliphatic rings. The Bertz CT molecular complexity index is 1250. The number of pyridine rings is 1. The van der Waals surface area contributed by atoms with Crippen LogP contribution in [0.5, 0.6) is 0 Å². The predicted molar refractivity (Wildman–Crippen MR) is 105 cm³/mol. The Morgan fingerprint density at radius 2 is 1.97 bits per heavy atom. The number of imidazole rings is 1. The molecule has 0 bridgehead atoms. The molecule has 1 amide bonds. The fourth-order valence-corrected chi connectivity index (χ4v) is 3.30. The minimum absolute atomic E-state index is 0.0359. The largest absolute Gasteiger partial charge is 0.416 e. The summed E-state index contributed by atoms with van der Waals surface area (Å²) in [6.45, 7) is 3.95. The molecule has 0 saturated carbocycles. The summed E-state index contributed by atoms with van der Waals surface area (Å²) in [5.74, 6) is 0.246. The molecule has 0 spiro atoms. The maximum Gasteiger partial charge on any atom is 0.416 e. The first-order valence-electron chi connectivity index (χ1n) is 9.29. The zero-order valence-electron chi connectivity index (χ0n) is 16.5. The van der Waals surface area contributed by atoms with Crippen molar-refractivity contribution in [2.75, 3.05) is 0 Å². The monoisotopic (exact) mass is 416 g/mol. The number of halogens is 3. The van der Waals surface area contributed by atoms with Crippen molar-refractivity contribution in [2.24, 2.45) is 7.05 Å². The molecule has 156 valence electrons. The topological polar surface area (TPSA) is 77.6 Å². The average molecular weight is 416 g/mol. The van der Waals surface area contributed by atoms with E-state index in [0.717, 1.165) is 12.1 Å². The second-order valence-electron chi connectivity index (χ2n) is 7.34. The van der Waals surface area contributed by atoms with Crippen molar-refractivity contribution in [2.45, 2.75) is 32.6 Å². The van der Waals surface area contributed by atoms with E-state index >= 15 is 0 Å². The highest BCUT2D eigenvalue weighted by Gasteiger charge is 2.31. The van der Waals surface area contributed by atoms with Crippen molar-refractivity contribution in [3.8, 4) is 0 Å². The maximum atomic E-state index is 13.0. The van der Waals surface area contributed by atoms with Crippen molar-refractivity contribution in [1.82, 2.24) is 29.6 Å². The smallest absolute Gasteiger partial charge is 0.349 e. The number of alkyl halides is 3. The van der Waals surface area contributed by atoms with Gasteiger partial charge in [-0.2, -0.15) is 18.3 Å². The van der Waals surface area contributed by atoms with Gasteiger partial charge in [0.05, 0.1) is 34.0 Å². The minimum Gasteiger partial charge on any atom is -0.349 e. The van der Waals surface area contributed by atoms with Crippen LogP contribution in [0.3, 0.4) is 0 Å². The van der Waals surface area contributed by atoms with E-state index in [1.54, 1.807) is 28.6 Å². The van der Waals surface area contributed by atoms with Crippen LogP contribution in [0, 0.1) is 0 Å². The molecule has 0 saturated heterocycles. The Hall–Kier alpha value is -3.43. The number of hydrogen-bond donors (Lipinski definition) is 1. The quantitative estimate of drug-likeness (QED) is 0.552. The van der Waals surface area contributed by atoms with Crippen LogP contribution in [-0.4, -0.2) is 36.3 Å². The Morgan fingerprint density at radius 1 is 1.20 bits per heavy atom. The van der Waals surface area contributed by atoms with Gasteiger partial charge in [0.2, 0.25) is 0 Å². The lowest BCUT2D eigenvalue weighted by atomic mass is 10.2. The van der Waals surface area contributed by atoms with Gasteiger partial charge in [0.25, 0.3) is 5.91 Å². The highest BCUT2D eigenvalue weighted by atomic mass is 19.4. The highest BCUT2D eigenvalue weighted by molar-refractivity contribution is 6.04. The summed E-state index contributed by atoms with van der Waals surface area (Å²) < 4.78 is 42.3. The number of carbonyl (C=O) groups excluding carboxylic acids is 1. The van der Waals surface area contributed by atoms with Gasteiger partial charge in [0, 0.05) is 25.5 Å². The van der Waals surface area contributed by atoms with Crippen LogP contribution in [0.25, 0.3) is 21.9 Å². The number of carbonyl (C=O) groups is 1. The van der Waals surface area contributed by atoms with E-state index in [0.29, 0.717) is 22.2 Å². The molecule has 7 nitrogen and oxygen atoms in total. The van der Waals surface area contributed by atoms with Gasteiger partial charge in [0.1, 0.15) is 11.5 Å². The zero-order valence-corrected chi connectivity index (χ0v) is 16.5. The molecule has 0 aliphatic carbocycles. The van der Waals surface area contributed by atoms with Gasteiger partial charge in [-0.25, -0.2) is 4.98 Å². The standard InChI is InChI=1S/C20H19F3N6O/c1-11(2)25-19(30)18-13-9-29(27-14(13)6-7-24-18)10-17-26-15-8-12(20(21,22)23)4-5-16(15)28(17)3/h4-9,11H,10H2,1-3H3,(H,25,30). The number of aromatic nitrogens is 5. The summed E-state index contributed by atoms with van der Waals surface area (Å²) in [7, 11) is 1.74. The summed E-state index contributed by atoms with van der Waals surface area (Å²) in [6, 6.07) is 5.15. The van der Waals surface area contributed by atoms with E-state index in [2.05, 4.69) is 20.4 Å². The number of nitrogens with one attached hydrogen (secondary N) is 1. The van der Waals surface area contributed by atoms with E-state index in [1.807, 2.05) is 13.8 Å². The second kappa shape index (κ2) is 7.12. The highest BCUT2D eigenvalue weighted by Crippen LogP contribution is 2.31. The number of aryl methyl sites for hydroxylation is 1. The van der Waals surface area contributed by atoms with E-state index in [-0.39, 0.29) is 29.7 Å². The third-order valence-corrected chi connectivity index (χ3v) is 4.72. The summed E-state index contributed by atoms with van der Waals surface area (Å²) in [5.41, 5.74) is 0.978. The molecule has 0 aliphatic heterocycles. The Morgan fingerprint density at radius 3 is 2.67 bits per heavy atom. The van der Waals surface area contributed by atoms with E-state index in [1.165, 1.54) is 12.3 Å². The molecule has 4 aromatic rings. The molecule has 10 heteroatoms. The Kier molecular flexibility index (Phi) is 4.71. The van der Waals surface area contributed by atoms with Crippen molar-refractivity contribution in [1.29, 1.82) is 0 Å². The Labute approximate surface area is 169 Å². The molecule has 30 heavy (non-hydrogen) atoms. The molecular weight excluding hydrogens is 397 g/mol.